The van der Waals surface area contributed by atoms with Gasteiger partial charge in [0.25, 0.3) is 5.91 Å². The van der Waals surface area contributed by atoms with Crippen LogP contribution in [0.3, 0.4) is 0 Å². The molecule has 0 aliphatic rings. The number of thiazole rings is 1. The fourth-order valence-electron chi connectivity index (χ4n) is 3.30. The van der Waals surface area contributed by atoms with Gasteiger partial charge in [0, 0.05) is 17.1 Å². The Kier molecular flexibility index (Phi) is 8.71. The highest BCUT2D eigenvalue weighted by Crippen LogP contribution is 2.38. The molecular weight excluding hydrogens is 506 g/mol. The van der Waals surface area contributed by atoms with Crippen molar-refractivity contribution in [2.75, 3.05) is 53.4 Å². The summed E-state index contributed by atoms with van der Waals surface area (Å²) < 4.78 is 18.2. The number of nitrogens with zero attached hydrogens (tertiary/aromatic N) is 3. The van der Waals surface area contributed by atoms with Crippen molar-refractivity contribution < 1.29 is 19.0 Å². The number of amides is 1. The third-order valence-corrected chi connectivity index (χ3v) is 6.46. The number of hydrogen-bond donors (Lipinski definition) is 0. The Morgan fingerprint density at radius 1 is 1.06 bits per heavy atom. The lowest BCUT2D eigenvalue weighted by molar-refractivity contribution is -0.114. The summed E-state index contributed by atoms with van der Waals surface area (Å²) in [4.78, 5) is 21.8. The maximum Gasteiger partial charge on any atom is 0.252 e. The molecule has 1 amide bonds. The lowest BCUT2D eigenvalue weighted by Crippen LogP contribution is -2.32. The maximum absolute atomic E-state index is 13.3. The van der Waals surface area contributed by atoms with Crippen LogP contribution < -0.4 is 19.1 Å². The number of anilines is 1. The number of halogens is 1. The van der Waals surface area contributed by atoms with Gasteiger partial charge in [0.1, 0.15) is 0 Å². The fourth-order valence-corrected chi connectivity index (χ4v) is 4.85. The van der Waals surface area contributed by atoms with Crippen molar-refractivity contribution in [2.45, 2.75) is 6.42 Å². The Morgan fingerprint density at radius 3 is 2.36 bits per heavy atom. The van der Waals surface area contributed by atoms with Crippen LogP contribution in [0, 0.1) is 0 Å². The second-order valence-corrected chi connectivity index (χ2v) is 9.47. The SMILES string of the molecule is COc1cc(/C=C/C(=O)N(CCCN(C)C)c2nc3ccc(Br)cc3s2)cc(OC)c1OC. The molecule has 0 atom stereocenters. The van der Waals surface area contributed by atoms with Gasteiger partial charge in [0.05, 0.1) is 31.5 Å². The van der Waals surface area contributed by atoms with E-state index in [1.54, 1.807) is 50.5 Å². The normalized spacial score (nSPS) is 11.4. The summed E-state index contributed by atoms with van der Waals surface area (Å²) in [5, 5.41) is 0.682. The summed E-state index contributed by atoms with van der Waals surface area (Å²) in [6.45, 7) is 1.44. The van der Waals surface area contributed by atoms with Crippen molar-refractivity contribution in [1.29, 1.82) is 0 Å². The minimum Gasteiger partial charge on any atom is -0.493 e. The van der Waals surface area contributed by atoms with Gasteiger partial charge >= 0.3 is 0 Å². The molecule has 3 aromatic rings. The van der Waals surface area contributed by atoms with Crippen molar-refractivity contribution in [2.24, 2.45) is 0 Å². The van der Waals surface area contributed by atoms with E-state index in [2.05, 4.69) is 20.8 Å². The fraction of sp³-hybridized carbons (Fsp3) is 0.333. The average Bonchev–Trinajstić information content (AvgIpc) is 3.21. The van der Waals surface area contributed by atoms with Gasteiger partial charge in [-0.3, -0.25) is 9.69 Å². The molecule has 0 radical (unpaired) electrons. The lowest BCUT2D eigenvalue weighted by Gasteiger charge is -2.19. The number of hydrogen-bond acceptors (Lipinski definition) is 7. The number of aromatic nitrogens is 1. The average molecular weight is 534 g/mol. The number of carbonyl (C=O) groups excluding carboxylic acids is 1. The van der Waals surface area contributed by atoms with Gasteiger partial charge in [-0.15, -0.1) is 0 Å². The monoisotopic (exact) mass is 533 g/mol. The van der Waals surface area contributed by atoms with Crippen LogP contribution in [0.4, 0.5) is 5.13 Å². The van der Waals surface area contributed by atoms with Gasteiger partial charge < -0.3 is 19.1 Å². The van der Waals surface area contributed by atoms with Crippen molar-refractivity contribution >= 4 is 54.6 Å². The lowest BCUT2D eigenvalue weighted by atomic mass is 10.1. The van der Waals surface area contributed by atoms with Gasteiger partial charge in [0.2, 0.25) is 5.75 Å². The van der Waals surface area contributed by atoms with Crippen LogP contribution in [0.1, 0.15) is 12.0 Å². The zero-order chi connectivity index (χ0) is 24.0. The van der Waals surface area contributed by atoms with Crippen LogP contribution in [-0.4, -0.2) is 64.3 Å². The third kappa shape index (κ3) is 6.25. The van der Waals surface area contributed by atoms with Crippen molar-refractivity contribution in [3.8, 4) is 17.2 Å². The number of carbonyl (C=O) groups is 1. The van der Waals surface area contributed by atoms with Crippen LogP contribution in [0.25, 0.3) is 16.3 Å². The van der Waals surface area contributed by atoms with Crippen molar-refractivity contribution in [3.05, 3.63) is 46.4 Å². The van der Waals surface area contributed by atoms with E-state index in [0.717, 1.165) is 33.2 Å². The maximum atomic E-state index is 13.3. The Morgan fingerprint density at radius 2 is 1.76 bits per heavy atom. The highest BCUT2D eigenvalue weighted by Gasteiger charge is 2.18. The smallest absolute Gasteiger partial charge is 0.252 e. The summed E-state index contributed by atoms with van der Waals surface area (Å²) in [7, 11) is 8.72. The van der Waals surface area contributed by atoms with Crippen LogP contribution in [0.5, 0.6) is 17.2 Å². The van der Waals surface area contributed by atoms with E-state index < -0.39 is 0 Å². The Bertz CT molecular complexity index is 1120. The molecule has 0 unspecified atom stereocenters. The van der Waals surface area contributed by atoms with Crippen molar-refractivity contribution in [1.82, 2.24) is 9.88 Å². The highest BCUT2D eigenvalue weighted by molar-refractivity contribution is 9.10. The minimum absolute atomic E-state index is 0.138. The first-order valence-electron chi connectivity index (χ1n) is 10.4. The Balaban J connectivity index is 1.90. The van der Waals surface area contributed by atoms with E-state index >= 15 is 0 Å². The molecule has 0 aliphatic heterocycles. The molecule has 0 saturated carbocycles. The molecule has 7 nitrogen and oxygen atoms in total. The van der Waals surface area contributed by atoms with E-state index in [4.69, 9.17) is 19.2 Å². The summed E-state index contributed by atoms with van der Waals surface area (Å²) in [5.41, 5.74) is 1.64. The second-order valence-electron chi connectivity index (χ2n) is 7.55. The molecule has 9 heteroatoms. The number of ether oxygens (including phenoxy) is 3. The second kappa shape index (κ2) is 11.5. The summed E-state index contributed by atoms with van der Waals surface area (Å²) >= 11 is 5.01. The van der Waals surface area contributed by atoms with E-state index in [1.807, 2.05) is 32.3 Å². The molecule has 3 rings (SSSR count). The predicted molar refractivity (Wildman–Crippen MR) is 138 cm³/mol. The van der Waals surface area contributed by atoms with Gasteiger partial charge in [-0.05, 0) is 69.0 Å². The first kappa shape index (κ1) is 25.0. The number of benzene rings is 2. The summed E-state index contributed by atoms with van der Waals surface area (Å²) in [6, 6.07) is 9.53. The molecule has 1 heterocycles. The standard InChI is InChI=1S/C24H28BrN3O4S/c1-27(2)11-6-12-28(24-26-18-9-8-17(25)15-21(18)33-24)22(29)10-7-16-13-19(30-3)23(32-5)20(14-16)31-4/h7-10,13-15H,6,11-12H2,1-5H3/b10-7+. The third-order valence-electron chi connectivity index (χ3n) is 4.93. The molecule has 1 aromatic heterocycles. The number of rotatable bonds is 10. The van der Waals surface area contributed by atoms with Gasteiger partial charge in [-0.2, -0.15) is 0 Å². The van der Waals surface area contributed by atoms with Gasteiger partial charge in [-0.25, -0.2) is 4.98 Å². The molecule has 0 spiro atoms. The van der Waals surface area contributed by atoms with Crippen LogP contribution in [0.2, 0.25) is 0 Å². The minimum atomic E-state index is -0.138. The van der Waals surface area contributed by atoms with Gasteiger partial charge in [-0.1, -0.05) is 27.3 Å². The summed E-state index contributed by atoms with van der Waals surface area (Å²) in [6.07, 6.45) is 4.13. The molecule has 0 fully saturated rings. The molecule has 0 saturated heterocycles. The number of fused-ring (bicyclic) bond motifs is 1. The van der Waals surface area contributed by atoms with Crippen molar-refractivity contribution in [3.63, 3.8) is 0 Å². The number of methoxy groups -OCH3 is 3. The van der Waals surface area contributed by atoms with Crippen LogP contribution >= 0.6 is 27.3 Å². The van der Waals surface area contributed by atoms with E-state index in [1.165, 1.54) is 11.3 Å². The molecule has 0 N–H and O–H groups in total. The first-order chi connectivity index (χ1) is 15.9. The molecule has 0 aliphatic carbocycles. The van der Waals surface area contributed by atoms with E-state index in [-0.39, 0.29) is 5.91 Å². The van der Waals surface area contributed by atoms with Crippen LogP contribution in [0.15, 0.2) is 40.9 Å². The van der Waals surface area contributed by atoms with Gasteiger partial charge in [0.15, 0.2) is 16.6 Å². The largest absolute Gasteiger partial charge is 0.493 e. The Hall–Kier alpha value is -2.62. The quantitative estimate of drug-likeness (QED) is 0.338. The zero-order valence-corrected chi connectivity index (χ0v) is 21.8. The molecule has 176 valence electrons. The Labute approximate surface area is 206 Å². The molecule has 33 heavy (non-hydrogen) atoms. The van der Waals surface area contributed by atoms with E-state index in [9.17, 15) is 4.79 Å². The molecule has 2 aromatic carbocycles. The summed E-state index contributed by atoms with van der Waals surface area (Å²) in [5.74, 6) is 1.43. The zero-order valence-electron chi connectivity index (χ0n) is 19.4. The molecule has 0 bridgehead atoms. The topological polar surface area (TPSA) is 64.1 Å². The van der Waals surface area contributed by atoms with E-state index in [0.29, 0.717) is 28.9 Å². The first-order valence-corrected chi connectivity index (χ1v) is 12.0. The predicted octanol–water partition coefficient (Wildman–Crippen LogP) is 5.08. The van der Waals surface area contributed by atoms with Crippen LogP contribution in [-0.2, 0) is 4.79 Å². The highest BCUT2D eigenvalue weighted by atomic mass is 79.9. The molecular formula is C24H28BrN3O4S.